The van der Waals surface area contributed by atoms with Crippen molar-refractivity contribution in [3.05, 3.63) is 63.2 Å². The molecule has 0 aliphatic rings. The van der Waals surface area contributed by atoms with Crippen molar-refractivity contribution >= 4 is 17.3 Å². The van der Waals surface area contributed by atoms with Gasteiger partial charge in [-0.05, 0) is 30.0 Å². The van der Waals surface area contributed by atoms with Crippen molar-refractivity contribution in [1.29, 1.82) is 0 Å². The normalized spacial score (nSPS) is 11.4. The van der Waals surface area contributed by atoms with Gasteiger partial charge in [0.25, 0.3) is 11.6 Å². The van der Waals surface area contributed by atoms with Crippen LogP contribution in [0.1, 0.15) is 36.5 Å². The minimum Gasteiger partial charge on any atom is -0.483 e. The lowest BCUT2D eigenvalue weighted by atomic mass is 9.98. The fraction of sp³-hybridized carbons (Fsp3) is 0.316. The molecule has 0 aliphatic carbocycles. The summed E-state index contributed by atoms with van der Waals surface area (Å²) in [5, 5.41) is 13.4. The molecule has 0 radical (unpaired) electrons. The van der Waals surface area contributed by atoms with Crippen LogP contribution in [0.25, 0.3) is 0 Å². The summed E-state index contributed by atoms with van der Waals surface area (Å²) in [5.41, 5.74) is 0.259. The van der Waals surface area contributed by atoms with Crippen LogP contribution in [0.2, 0.25) is 0 Å². The second-order valence-corrected chi connectivity index (χ2v) is 6.47. The summed E-state index contributed by atoms with van der Waals surface area (Å²) in [7, 11) is 0. The number of rotatable bonds is 6. The number of non-ortho nitro benzene ring substituents is 1. The summed E-state index contributed by atoms with van der Waals surface area (Å²) >= 11 is 0. The third kappa shape index (κ3) is 4.99. The highest BCUT2D eigenvalue weighted by Crippen LogP contribution is 2.38. The Morgan fingerprint density at radius 1 is 1.25 bits per heavy atom. The summed E-state index contributed by atoms with van der Waals surface area (Å²) in [6.45, 7) is 5.04. The molecule has 2 aromatic rings. The minimum absolute atomic E-state index is 0.127. The van der Waals surface area contributed by atoms with E-state index in [0.717, 1.165) is 23.3 Å². The number of para-hydroxylation sites is 1. The molecule has 2 rings (SSSR count). The first-order chi connectivity index (χ1) is 13.0. The molecule has 0 aliphatic heterocycles. The Hall–Kier alpha value is -3.10. The monoisotopic (exact) mass is 396 g/mol. The van der Waals surface area contributed by atoms with Crippen molar-refractivity contribution < 1.29 is 27.6 Å². The first kappa shape index (κ1) is 21.2. The quantitative estimate of drug-likeness (QED) is 0.546. The Balaban J connectivity index is 2.19. The maximum absolute atomic E-state index is 13.2. The number of nitrogens with one attached hydrogen (secondary N) is 1. The zero-order chi connectivity index (χ0) is 21.1. The number of nitro benzene ring substituents is 1. The summed E-state index contributed by atoms with van der Waals surface area (Å²) in [4.78, 5) is 22.0. The van der Waals surface area contributed by atoms with Crippen LogP contribution >= 0.6 is 0 Å². The number of alkyl halides is 3. The van der Waals surface area contributed by atoms with Gasteiger partial charge in [0.05, 0.1) is 4.92 Å². The van der Waals surface area contributed by atoms with Gasteiger partial charge in [-0.15, -0.1) is 0 Å². The van der Waals surface area contributed by atoms with Crippen LogP contribution in [-0.4, -0.2) is 17.4 Å². The molecule has 150 valence electrons. The number of aryl methyl sites for hydroxylation is 1. The Morgan fingerprint density at radius 3 is 2.50 bits per heavy atom. The van der Waals surface area contributed by atoms with E-state index < -0.39 is 40.6 Å². The number of carbonyl (C=O) groups is 1. The zero-order valence-corrected chi connectivity index (χ0v) is 15.5. The van der Waals surface area contributed by atoms with E-state index in [1.54, 1.807) is 13.0 Å². The molecule has 0 heterocycles. The minimum atomic E-state index is -4.86. The summed E-state index contributed by atoms with van der Waals surface area (Å²) in [6.07, 6.45) is -4.86. The lowest BCUT2D eigenvalue weighted by Gasteiger charge is -2.17. The average Bonchev–Trinajstić information content (AvgIpc) is 2.60. The van der Waals surface area contributed by atoms with E-state index in [1.165, 1.54) is 0 Å². The molecular weight excluding hydrogens is 377 g/mol. The Kier molecular flexibility index (Phi) is 6.27. The molecule has 9 heteroatoms. The van der Waals surface area contributed by atoms with E-state index in [1.807, 2.05) is 26.0 Å². The molecule has 0 bridgehead atoms. The van der Waals surface area contributed by atoms with Crippen molar-refractivity contribution in [3.63, 3.8) is 0 Å². The standard InChI is InChI=1S/C19H19F3N2O4/c1-11(2)14-6-4-5-12(3)18(14)23-17(25)10-28-16-8-7-13(24(26)27)9-15(16)19(20,21)22/h4-9,11H,10H2,1-3H3,(H,23,25). The van der Waals surface area contributed by atoms with Gasteiger partial charge in [0.1, 0.15) is 11.3 Å². The average molecular weight is 396 g/mol. The van der Waals surface area contributed by atoms with Gasteiger partial charge in [-0.3, -0.25) is 14.9 Å². The van der Waals surface area contributed by atoms with E-state index in [2.05, 4.69) is 5.32 Å². The number of halogens is 3. The van der Waals surface area contributed by atoms with Gasteiger partial charge in [0.2, 0.25) is 0 Å². The molecule has 0 aromatic heterocycles. The van der Waals surface area contributed by atoms with Crippen molar-refractivity contribution in [2.24, 2.45) is 0 Å². The molecule has 0 fully saturated rings. The number of anilines is 1. The van der Waals surface area contributed by atoms with Gasteiger partial charge in [-0.1, -0.05) is 32.0 Å². The molecule has 1 amide bonds. The van der Waals surface area contributed by atoms with Gasteiger partial charge in [-0.25, -0.2) is 0 Å². The highest BCUT2D eigenvalue weighted by Gasteiger charge is 2.36. The second kappa shape index (κ2) is 8.28. The summed E-state index contributed by atoms with van der Waals surface area (Å²) < 4.78 is 44.5. The number of amides is 1. The highest BCUT2D eigenvalue weighted by atomic mass is 19.4. The van der Waals surface area contributed by atoms with Crippen molar-refractivity contribution in [3.8, 4) is 5.75 Å². The van der Waals surface area contributed by atoms with Gasteiger partial charge >= 0.3 is 6.18 Å². The second-order valence-electron chi connectivity index (χ2n) is 6.47. The molecule has 0 atom stereocenters. The third-order valence-electron chi connectivity index (χ3n) is 4.03. The van der Waals surface area contributed by atoms with Crippen LogP contribution < -0.4 is 10.1 Å². The molecule has 0 saturated carbocycles. The van der Waals surface area contributed by atoms with Crippen LogP contribution in [0.3, 0.4) is 0 Å². The molecular formula is C19H19F3N2O4. The number of carbonyl (C=O) groups excluding carboxylic acids is 1. The SMILES string of the molecule is Cc1cccc(C(C)C)c1NC(=O)COc1ccc([N+](=O)[O-])cc1C(F)(F)F. The van der Waals surface area contributed by atoms with Gasteiger partial charge in [0.15, 0.2) is 6.61 Å². The number of hydrogen-bond donors (Lipinski definition) is 1. The number of nitrogens with zero attached hydrogens (tertiary/aromatic N) is 1. The van der Waals surface area contributed by atoms with E-state index in [-0.39, 0.29) is 5.92 Å². The largest absolute Gasteiger partial charge is 0.483 e. The predicted molar refractivity (Wildman–Crippen MR) is 97.5 cm³/mol. The van der Waals surface area contributed by atoms with Crippen LogP contribution in [0.15, 0.2) is 36.4 Å². The van der Waals surface area contributed by atoms with Crippen LogP contribution in [-0.2, 0) is 11.0 Å². The molecule has 0 saturated heterocycles. The number of benzene rings is 2. The fourth-order valence-electron chi connectivity index (χ4n) is 2.64. The molecule has 0 unspecified atom stereocenters. The van der Waals surface area contributed by atoms with Gasteiger partial charge < -0.3 is 10.1 Å². The maximum atomic E-state index is 13.2. The van der Waals surface area contributed by atoms with E-state index in [4.69, 9.17) is 4.74 Å². The predicted octanol–water partition coefficient (Wildman–Crippen LogP) is 5.06. The Labute approximate surface area is 159 Å². The molecule has 1 N–H and O–H groups in total. The third-order valence-corrected chi connectivity index (χ3v) is 4.03. The molecule has 6 nitrogen and oxygen atoms in total. The highest BCUT2D eigenvalue weighted by molar-refractivity contribution is 5.93. The van der Waals surface area contributed by atoms with Gasteiger partial charge in [0, 0.05) is 17.8 Å². The van der Waals surface area contributed by atoms with Crippen LogP contribution in [0, 0.1) is 17.0 Å². The first-order valence-corrected chi connectivity index (χ1v) is 8.38. The van der Waals surface area contributed by atoms with Crippen LogP contribution in [0.5, 0.6) is 5.75 Å². The summed E-state index contributed by atoms with van der Waals surface area (Å²) in [6, 6.07) is 7.61. The van der Waals surface area contributed by atoms with E-state index >= 15 is 0 Å². The molecule has 2 aromatic carbocycles. The summed E-state index contributed by atoms with van der Waals surface area (Å²) in [5.74, 6) is -1.16. The Morgan fingerprint density at radius 2 is 1.93 bits per heavy atom. The fourth-order valence-corrected chi connectivity index (χ4v) is 2.64. The van der Waals surface area contributed by atoms with Crippen molar-refractivity contribution in [1.82, 2.24) is 0 Å². The molecule has 0 spiro atoms. The lowest BCUT2D eigenvalue weighted by Crippen LogP contribution is -2.22. The smallest absolute Gasteiger partial charge is 0.420 e. The van der Waals surface area contributed by atoms with Gasteiger partial charge in [-0.2, -0.15) is 13.2 Å². The topological polar surface area (TPSA) is 81.5 Å². The van der Waals surface area contributed by atoms with Crippen molar-refractivity contribution in [2.75, 3.05) is 11.9 Å². The van der Waals surface area contributed by atoms with E-state index in [9.17, 15) is 28.1 Å². The zero-order valence-electron chi connectivity index (χ0n) is 15.5. The number of hydrogen-bond acceptors (Lipinski definition) is 4. The molecule has 28 heavy (non-hydrogen) atoms. The number of nitro groups is 1. The van der Waals surface area contributed by atoms with Crippen LogP contribution in [0.4, 0.5) is 24.5 Å². The van der Waals surface area contributed by atoms with Crippen molar-refractivity contribution in [2.45, 2.75) is 32.9 Å². The Bertz CT molecular complexity index is 895. The first-order valence-electron chi connectivity index (χ1n) is 8.38. The van der Waals surface area contributed by atoms with E-state index in [0.29, 0.717) is 11.8 Å². The lowest BCUT2D eigenvalue weighted by molar-refractivity contribution is -0.385. The maximum Gasteiger partial charge on any atom is 0.420 e. The number of ether oxygens (including phenoxy) is 1.